The zero-order valence-corrected chi connectivity index (χ0v) is 11.6. The average Bonchev–Trinajstić information content (AvgIpc) is 2.48. The summed E-state index contributed by atoms with van der Waals surface area (Å²) in [5, 5.41) is 8.66. The normalized spacial score (nSPS) is 11.9. The van der Waals surface area contributed by atoms with Gasteiger partial charge < -0.3 is 9.90 Å². The molecule has 0 saturated carbocycles. The predicted octanol–water partition coefficient (Wildman–Crippen LogP) is 3.78. The van der Waals surface area contributed by atoms with Gasteiger partial charge in [0.2, 0.25) is 0 Å². The van der Waals surface area contributed by atoms with Crippen LogP contribution in [0.25, 0.3) is 11.1 Å². The number of rotatable bonds is 6. The third-order valence-corrected chi connectivity index (χ3v) is 3.41. The minimum atomic E-state index is -0.961. The monoisotopic (exact) mass is 304 g/mol. The van der Waals surface area contributed by atoms with Crippen molar-refractivity contribution in [3.63, 3.8) is 0 Å². The standard InChI is InChI=1S/C17H14F2O3/c18-14-6-7-15(16(19)9-14)12-3-1-11(2-4-12)13(10-20)5-8-17(21)22/h1-4,6-7,9-10,13H,5,8H2,(H,21,22). The molecular weight excluding hydrogens is 290 g/mol. The van der Waals surface area contributed by atoms with E-state index in [1.54, 1.807) is 24.3 Å². The summed E-state index contributed by atoms with van der Waals surface area (Å²) in [6, 6.07) is 9.89. The summed E-state index contributed by atoms with van der Waals surface area (Å²) in [5.41, 5.74) is 1.49. The molecule has 0 amide bonds. The van der Waals surface area contributed by atoms with E-state index in [0.717, 1.165) is 6.07 Å². The van der Waals surface area contributed by atoms with Gasteiger partial charge in [0, 0.05) is 24.0 Å². The van der Waals surface area contributed by atoms with E-state index in [9.17, 15) is 18.4 Å². The van der Waals surface area contributed by atoms with Crippen molar-refractivity contribution in [1.29, 1.82) is 0 Å². The molecule has 0 aliphatic carbocycles. The van der Waals surface area contributed by atoms with Gasteiger partial charge in [-0.3, -0.25) is 4.79 Å². The molecule has 114 valence electrons. The molecule has 2 rings (SSSR count). The van der Waals surface area contributed by atoms with Gasteiger partial charge in [-0.05, 0) is 29.7 Å². The van der Waals surface area contributed by atoms with Gasteiger partial charge in [-0.1, -0.05) is 24.3 Å². The van der Waals surface area contributed by atoms with E-state index in [1.807, 2.05) is 0 Å². The van der Waals surface area contributed by atoms with Crippen molar-refractivity contribution in [2.24, 2.45) is 0 Å². The molecule has 1 atom stereocenters. The molecule has 0 saturated heterocycles. The number of benzene rings is 2. The van der Waals surface area contributed by atoms with Gasteiger partial charge in [0.15, 0.2) is 0 Å². The highest BCUT2D eigenvalue weighted by molar-refractivity contribution is 5.70. The number of hydrogen-bond acceptors (Lipinski definition) is 2. The van der Waals surface area contributed by atoms with E-state index in [0.29, 0.717) is 17.4 Å². The van der Waals surface area contributed by atoms with Gasteiger partial charge in [0.1, 0.15) is 17.9 Å². The fourth-order valence-electron chi connectivity index (χ4n) is 2.23. The van der Waals surface area contributed by atoms with Crippen LogP contribution >= 0.6 is 0 Å². The molecule has 0 aliphatic rings. The van der Waals surface area contributed by atoms with Gasteiger partial charge in [0.05, 0.1) is 0 Å². The fraction of sp³-hybridized carbons (Fsp3) is 0.176. The highest BCUT2D eigenvalue weighted by atomic mass is 19.1. The molecule has 2 aromatic rings. The van der Waals surface area contributed by atoms with Gasteiger partial charge in [-0.2, -0.15) is 0 Å². The topological polar surface area (TPSA) is 54.4 Å². The minimum Gasteiger partial charge on any atom is -0.481 e. The number of carboxylic acids is 1. The van der Waals surface area contributed by atoms with E-state index in [2.05, 4.69) is 0 Å². The molecule has 0 aromatic heterocycles. The number of aldehydes is 1. The van der Waals surface area contributed by atoms with Crippen LogP contribution in [-0.2, 0) is 9.59 Å². The quantitative estimate of drug-likeness (QED) is 0.826. The average molecular weight is 304 g/mol. The second-order valence-corrected chi connectivity index (χ2v) is 4.92. The predicted molar refractivity (Wildman–Crippen MR) is 77.5 cm³/mol. The molecule has 0 fully saturated rings. The summed E-state index contributed by atoms with van der Waals surface area (Å²) < 4.78 is 26.6. The Morgan fingerprint density at radius 2 is 1.82 bits per heavy atom. The van der Waals surface area contributed by atoms with Crippen LogP contribution in [0.2, 0.25) is 0 Å². The van der Waals surface area contributed by atoms with Crippen molar-refractivity contribution in [3.8, 4) is 11.1 Å². The SMILES string of the molecule is O=CC(CCC(=O)O)c1ccc(-c2ccc(F)cc2F)cc1. The Hall–Kier alpha value is -2.56. The molecule has 0 bridgehead atoms. The molecular formula is C17H14F2O3. The number of carbonyl (C=O) groups excluding carboxylic acids is 1. The van der Waals surface area contributed by atoms with E-state index >= 15 is 0 Å². The Labute approximate surface area is 126 Å². The lowest BCUT2D eigenvalue weighted by molar-refractivity contribution is -0.137. The number of halogens is 2. The Morgan fingerprint density at radius 3 is 2.36 bits per heavy atom. The van der Waals surface area contributed by atoms with Crippen molar-refractivity contribution in [2.45, 2.75) is 18.8 Å². The third kappa shape index (κ3) is 3.75. The van der Waals surface area contributed by atoms with E-state index < -0.39 is 23.5 Å². The summed E-state index contributed by atoms with van der Waals surface area (Å²) in [5.74, 6) is -2.78. The van der Waals surface area contributed by atoms with Crippen LogP contribution in [0.5, 0.6) is 0 Å². The summed E-state index contributed by atoms with van der Waals surface area (Å²) in [6.45, 7) is 0. The zero-order chi connectivity index (χ0) is 16.1. The maximum atomic E-state index is 13.7. The molecule has 0 radical (unpaired) electrons. The van der Waals surface area contributed by atoms with Crippen LogP contribution in [0.4, 0.5) is 8.78 Å². The fourth-order valence-corrected chi connectivity index (χ4v) is 2.23. The van der Waals surface area contributed by atoms with Gasteiger partial charge in [-0.15, -0.1) is 0 Å². The van der Waals surface area contributed by atoms with Crippen molar-refractivity contribution < 1.29 is 23.5 Å². The van der Waals surface area contributed by atoms with Gasteiger partial charge in [0.25, 0.3) is 0 Å². The number of carbonyl (C=O) groups is 2. The number of hydrogen-bond donors (Lipinski definition) is 1. The molecule has 0 aliphatic heterocycles. The lowest BCUT2D eigenvalue weighted by atomic mass is 9.93. The van der Waals surface area contributed by atoms with Crippen molar-refractivity contribution in [2.75, 3.05) is 0 Å². The Bertz CT molecular complexity index is 681. The Balaban J connectivity index is 2.22. The highest BCUT2D eigenvalue weighted by Gasteiger charge is 2.13. The smallest absolute Gasteiger partial charge is 0.303 e. The second-order valence-electron chi connectivity index (χ2n) is 4.92. The van der Waals surface area contributed by atoms with E-state index in [1.165, 1.54) is 12.1 Å². The molecule has 1 unspecified atom stereocenters. The maximum absolute atomic E-state index is 13.7. The maximum Gasteiger partial charge on any atom is 0.303 e. The first-order valence-corrected chi connectivity index (χ1v) is 6.73. The zero-order valence-electron chi connectivity index (χ0n) is 11.6. The Kier molecular flexibility index (Phi) is 4.99. The van der Waals surface area contributed by atoms with Crippen LogP contribution in [0, 0.1) is 11.6 Å². The van der Waals surface area contributed by atoms with Crippen molar-refractivity contribution in [1.82, 2.24) is 0 Å². The molecule has 22 heavy (non-hydrogen) atoms. The number of aliphatic carboxylic acids is 1. The van der Waals surface area contributed by atoms with Crippen LogP contribution < -0.4 is 0 Å². The van der Waals surface area contributed by atoms with Gasteiger partial charge >= 0.3 is 5.97 Å². The van der Waals surface area contributed by atoms with Crippen LogP contribution in [0.1, 0.15) is 24.3 Å². The molecule has 5 heteroatoms. The van der Waals surface area contributed by atoms with Crippen LogP contribution in [-0.4, -0.2) is 17.4 Å². The van der Waals surface area contributed by atoms with Crippen molar-refractivity contribution >= 4 is 12.3 Å². The largest absolute Gasteiger partial charge is 0.481 e. The van der Waals surface area contributed by atoms with E-state index in [-0.39, 0.29) is 18.4 Å². The number of carboxylic acid groups (broad SMARTS) is 1. The third-order valence-electron chi connectivity index (χ3n) is 3.41. The molecule has 2 aromatic carbocycles. The lowest BCUT2D eigenvalue weighted by Gasteiger charge is -2.10. The molecule has 0 spiro atoms. The minimum absolute atomic E-state index is 0.0995. The van der Waals surface area contributed by atoms with Crippen molar-refractivity contribution in [3.05, 3.63) is 59.7 Å². The second kappa shape index (κ2) is 6.93. The first kappa shape index (κ1) is 15.8. The van der Waals surface area contributed by atoms with E-state index in [4.69, 9.17) is 5.11 Å². The molecule has 1 N–H and O–H groups in total. The molecule has 0 heterocycles. The van der Waals surface area contributed by atoms with Gasteiger partial charge in [-0.25, -0.2) is 8.78 Å². The summed E-state index contributed by atoms with van der Waals surface area (Å²) in [7, 11) is 0. The Morgan fingerprint density at radius 1 is 1.14 bits per heavy atom. The first-order valence-electron chi connectivity index (χ1n) is 6.73. The van der Waals surface area contributed by atoms with Crippen LogP contribution in [0.3, 0.4) is 0 Å². The first-order chi connectivity index (χ1) is 10.5. The van der Waals surface area contributed by atoms with Crippen LogP contribution in [0.15, 0.2) is 42.5 Å². The lowest BCUT2D eigenvalue weighted by Crippen LogP contribution is -2.04. The highest BCUT2D eigenvalue weighted by Crippen LogP contribution is 2.26. The summed E-state index contributed by atoms with van der Waals surface area (Å²) >= 11 is 0. The molecule has 3 nitrogen and oxygen atoms in total. The summed E-state index contributed by atoms with van der Waals surface area (Å²) in [4.78, 5) is 21.6. The summed E-state index contributed by atoms with van der Waals surface area (Å²) in [6.07, 6.45) is 0.817.